The molecule has 0 aliphatic carbocycles. The third-order valence-electron chi connectivity index (χ3n) is 3.62. The highest BCUT2D eigenvalue weighted by molar-refractivity contribution is 7.98. The molecule has 3 heterocycles. The SMILES string of the molecule is CSc1cnc(NCC(C)CNc2cnc(-c3cn(C)nn3)cn2)nc1. The fourth-order valence-electron chi connectivity index (χ4n) is 2.15. The molecule has 0 saturated carbocycles. The Morgan fingerprint density at radius 2 is 1.77 bits per heavy atom. The zero-order valence-electron chi connectivity index (χ0n) is 14.9. The Bertz CT molecular complexity index is 816. The fraction of sp³-hybridized carbons (Fsp3) is 0.375. The number of anilines is 2. The first-order valence-electron chi connectivity index (χ1n) is 8.16. The topological polar surface area (TPSA) is 106 Å². The van der Waals surface area contributed by atoms with Crippen LogP contribution in [-0.4, -0.2) is 54.3 Å². The number of hydrogen-bond donors (Lipinski definition) is 2. The molecule has 3 aromatic heterocycles. The summed E-state index contributed by atoms with van der Waals surface area (Å²) in [5.41, 5.74) is 1.40. The third kappa shape index (κ3) is 4.88. The summed E-state index contributed by atoms with van der Waals surface area (Å²) in [6.45, 7) is 3.66. The molecule has 0 saturated heterocycles. The van der Waals surface area contributed by atoms with E-state index < -0.39 is 0 Å². The van der Waals surface area contributed by atoms with E-state index in [9.17, 15) is 0 Å². The van der Waals surface area contributed by atoms with Gasteiger partial charge < -0.3 is 10.6 Å². The van der Waals surface area contributed by atoms with Crippen molar-refractivity contribution in [3.8, 4) is 11.4 Å². The Kier molecular flexibility index (Phi) is 5.95. The van der Waals surface area contributed by atoms with Gasteiger partial charge in [0.2, 0.25) is 5.95 Å². The highest BCUT2D eigenvalue weighted by atomic mass is 32.2. The van der Waals surface area contributed by atoms with Crippen LogP contribution >= 0.6 is 11.8 Å². The molecule has 3 rings (SSSR count). The van der Waals surface area contributed by atoms with Crippen molar-refractivity contribution in [1.82, 2.24) is 34.9 Å². The Labute approximate surface area is 156 Å². The van der Waals surface area contributed by atoms with Crippen LogP contribution in [0.25, 0.3) is 11.4 Å². The Morgan fingerprint density at radius 3 is 2.38 bits per heavy atom. The zero-order valence-corrected chi connectivity index (χ0v) is 15.7. The molecule has 3 aromatic rings. The van der Waals surface area contributed by atoms with Crippen LogP contribution in [0.15, 0.2) is 35.9 Å². The predicted octanol–water partition coefficient (Wildman–Crippen LogP) is 1.94. The van der Waals surface area contributed by atoms with Crippen molar-refractivity contribution in [3.05, 3.63) is 31.0 Å². The first-order valence-corrected chi connectivity index (χ1v) is 9.39. The Hall–Kier alpha value is -2.75. The van der Waals surface area contributed by atoms with Gasteiger partial charge in [-0.15, -0.1) is 16.9 Å². The van der Waals surface area contributed by atoms with Crippen molar-refractivity contribution in [1.29, 1.82) is 0 Å². The standard InChI is InChI=1S/C16H21N9S/c1-11(5-20-16-21-6-12(26-3)7-22-16)4-18-15-9-17-13(8-19-15)14-10-25(2)24-23-14/h6-11H,4-5H2,1-3H3,(H,18,19)(H,20,21,22). The summed E-state index contributed by atoms with van der Waals surface area (Å²) in [6.07, 6.45) is 10.8. The van der Waals surface area contributed by atoms with E-state index in [4.69, 9.17) is 0 Å². The van der Waals surface area contributed by atoms with E-state index in [0.29, 0.717) is 23.3 Å². The van der Waals surface area contributed by atoms with E-state index in [0.717, 1.165) is 23.8 Å². The molecule has 0 amide bonds. The Morgan fingerprint density at radius 1 is 1.00 bits per heavy atom. The summed E-state index contributed by atoms with van der Waals surface area (Å²) in [7, 11) is 1.82. The number of thioether (sulfide) groups is 1. The molecular formula is C16H21N9S. The van der Waals surface area contributed by atoms with Gasteiger partial charge in [0.05, 0.1) is 18.6 Å². The van der Waals surface area contributed by atoms with E-state index in [1.165, 1.54) is 0 Å². The number of nitrogens with zero attached hydrogens (tertiary/aromatic N) is 7. The number of aromatic nitrogens is 7. The van der Waals surface area contributed by atoms with Crippen LogP contribution in [0.2, 0.25) is 0 Å². The van der Waals surface area contributed by atoms with Crippen molar-refractivity contribution in [2.45, 2.75) is 11.8 Å². The second kappa shape index (κ2) is 8.56. The lowest BCUT2D eigenvalue weighted by Gasteiger charge is -2.14. The van der Waals surface area contributed by atoms with E-state index in [1.807, 2.05) is 25.7 Å². The first kappa shape index (κ1) is 18.1. The van der Waals surface area contributed by atoms with Gasteiger partial charge in [-0.3, -0.25) is 4.68 Å². The van der Waals surface area contributed by atoms with E-state index in [2.05, 4.69) is 47.8 Å². The van der Waals surface area contributed by atoms with Crippen molar-refractivity contribution >= 4 is 23.5 Å². The molecule has 26 heavy (non-hydrogen) atoms. The fourth-order valence-corrected chi connectivity index (χ4v) is 2.46. The maximum Gasteiger partial charge on any atom is 0.222 e. The summed E-state index contributed by atoms with van der Waals surface area (Å²) >= 11 is 1.62. The van der Waals surface area contributed by atoms with Crippen LogP contribution < -0.4 is 10.6 Å². The second-order valence-corrected chi connectivity index (χ2v) is 6.76. The van der Waals surface area contributed by atoms with Crippen molar-refractivity contribution < 1.29 is 0 Å². The minimum atomic E-state index is 0.361. The Balaban J connectivity index is 1.45. The molecule has 0 spiro atoms. The quantitative estimate of drug-likeness (QED) is 0.574. The lowest BCUT2D eigenvalue weighted by Crippen LogP contribution is -2.21. The van der Waals surface area contributed by atoms with Gasteiger partial charge in [-0.1, -0.05) is 12.1 Å². The van der Waals surface area contributed by atoms with E-state index in [1.54, 1.807) is 35.0 Å². The summed E-state index contributed by atoms with van der Waals surface area (Å²) in [5, 5.41) is 14.4. The molecule has 10 heteroatoms. The molecule has 0 aromatic carbocycles. The molecule has 0 bridgehead atoms. The highest BCUT2D eigenvalue weighted by Crippen LogP contribution is 2.14. The number of hydrogen-bond acceptors (Lipinski definition) is 9. The van der Waals surface area contributed by atoms with Crippen LogP contribution in [0.5, 0.6) is 0 Å². The molecule has 1 unspecified atom stereocenters. The average molecular weight is 371 g/mol. The van der Waals surface area contributed by atoms with Gasteiger partial charge in [-0.2, -0.15) is 0 Å². The zero-order chi connectivity index (χ0) is 18.4. The van der Waals surface area contributed by atoms with Crippen molar-refractivity contribution in [2.75, 3.05) is 30.0 Å². The van der Waals surface area contributed by atoms with E-state index in [-0.39, 0.29) is 0 Å². The summed E-state index contributed by atoms with van der Waals surface area (Å²) in [4.78, 5) is 18.4. The number of rotatable bonds is 8. The van der Waals surface area contributed by atoms with Gasteiger partial charge in [0, 0.05) is 37.4 Å². The van der Waals surface area contributed by atoms with Crippen LogP contribution in [-0.2, 0) is 7.05 Å². The minimum absolute atomic E-state index is 0.361. The molecule has 136 valence electrons. The van der Waals surface area contributed by atoms with Gasteiger partial charge in [0.25, 0.3) is 0 Å². The van der Waals surface area contributed by atoms with Crippen molar-refractivity contribution in [3.63, 3.8) is 0 Å². The van der Waals surface area contributed by atoms with Gasteiger partial charge in [0.15, 0.2) is 0 Å². The second-order valence-electron chi connectivity index (χ2n) is 5.88. The average Bonchev–Trinajstić information content (AvgIpc) is 3.12. The monoisotopic (exact) mass is 371 g/mol. The largest absolute Gasteiger partial charge is 0.368 e. The summed E-state index contributed by atoms with van der Waals surface area (Å²) < 4.78 is 1.64. The van der Waals surface area contributed by atoms with Crippen molar-refractivity contribution in [2.24, 2.45) is 13.0 Å². The van der Waals surface area contributed by atoms with Crippen LogP contribution in [0, 0.1) is 5.92 Å². The predicted molar refractivity (Wildman–Crippen MR) is 102 cm³/mol. The third-order valence-corrected chi connectivity index (χ3v) is 4.30. The van der Waals surface area contributed by atoms with Crippen LogP contribution in [0.1, 0.15) is 6.92 Å². The van der Waals surface area contributed by atoms with Crippen LogP contribution in [0.4, 0.5) is 11.8 Å². The molecule has 9 nitrogen and oxygen atoms in total. The van der Waals surface area contributed by atoms with E-state index >= 15 is 0 Å². The molecule has 1 atom stereocenters. The molecule has 0 fully saturated rings. The molecule has 0 aliphatic heterocycles. The molecule has 0 radical (unpaired) electrons. The normalized spacial score (nSPS) is 12.0. The maximum absolute atomic E-state index is 4.38. The number of aryl methyl sites for hydroxylation is 1. The molecular weight excluding hydrogens is 350 g/mol. The molecule has 0 aliphatic rings. The summed E-state index contributed by atoms with van der Waals surface area (Å²) in [6, 6.07) is 0. The lowest BCUT2D eigenvalue weighted by atomic mass is 10.2. The number of nitrogens with one attached hydrogen (secondary N) is 2. The molecule has 2 N–H and O–H groups in total. The van der Waals surface area contributed by atoms with Crippen LogP contribution in [0.3, 0.4) is 0 Å². The smallest absolute Gasteiger partial charge is 0.222 e. The minimum Gasteiger partial charge on any atom is -0.368 e. The van der Waals surface area contributed by atoms with Gasteiger partial charge >= 0.3 is 0 Å². The highest BCUT2D eigenvalue weighted by Gasteiger charge is 2.07. The summed E-state index contributed by atoms with van der Waals surface area (Å²) in [5.74, 6) is 1.73. The van der Waals surface area contributed by atoms with Gasteiger partial charge in [-0.25, -0.2) is 19.9 Å². The maximum atomic E-state index is 4.38. The van der Waals surface area contributed by atoms with Gasteiger partial charge in [0.1, 0.15) is 17.2 Å². The van der Waals surface area contributed by atoms with Gasteiger partial charge in [-0.05, 0) is 12.2 Å². The lowest BCUT2D eigenvalue weighted by molar-refractivity contribution is 0.644. The first-order chi connectivity index (χ1) is 12.6.